The van der Waals surface area contributed by atoms with Crippen LogP contribution < -0.4 is 14.8 Å². The van der Waals surface area contributed by atoms with Crippen molar-refractivity contribution in [1.82, 2.24) is 15.1 Å². The number of carbonyl (C=O) groups excluding carboxylic acids is 1. The Labute approximate surface area is 163 Å². The zero-order valence-electron chi connectivity index (χ0n) is 15.7. The molecule has 2 aromatic carbocycles. The Morgan fingerprint density at radius 2 is 1.96 bits per heavy atom. The highest BCUT2D eigenvalue weighted by Crippen LogP contribution is 2.25. The number of carbonyl (C=O) groups is 1. The quantitative estimate of drug-likeness (QED) is 0.749. The Kier molecular flexibility index (Phi) is 5.23. The van der Waals surface area contributed by atoms with Gasteiger partial charge in [-0.15, -0.1) is 5.10 Å². The van der Waals surface area contributed by atoms with Gasteiger partial charge < -0.3 is 19.7 Å². The summed E-state index contributed by atoms with van der Waals surface area (Å²) in [6, 6.07) is 15.1. The molecule has 0 unspecified atom stereocenters. The minimum Gasteiger partial charge on any atom is -0.497 e. The van der Waals surface area contributed by atoms with Crippen molar-refractivity contribution in [1.29, 1.82) is 0 Å². The Hall–Kier alpha value is -3.35. The van der Waals surface area contributed by atoms with E-state index < -0.39 is 0 Å². The number of amides is 2. The molecule has 144 valence electrons. The van der Waals surface area contributed by atoms with Crippen LogP contribution >= 0.6 is 0 Å². The SMILES string of the molecule is COc1cccc(NC(=O)N2CCC(Oc3nncc4ccccc34)CC2)c1. The molecule has 4 rings (SSSR count). The topological polar surface area (TPSA) is 76.6 Å². The molecular weight excluding hydrogens is 356 g/mol. The van der Waals surface area contributed by atoms with Crippen molar-refractivity contribution in [2.75, 3.05) is 25.5 Å². The first kappa shape index (κ1) is 18.0. The number of piperidine rings is 1. The Morgan fingerprint density at radius 3 is 2.79 bits per heavy atom. The summed E-state index contributed by atoms with van der Waals surface area (Å²) in [6.45, 7) is 1.25. The molecule has 0 saturated carbocycles. The Balaban J connectivity index is 1.34. The fourth-order valence-corrected chi connectivity index (χ4v) is 3.33. The second-order valence-corrected chi connectivity index (χ2v) is 6.70. The summed E-state index contributed by atoms with van der Waals surface area (Å²) in [4.78, 5) is 14.3. The van der Waals surface area contributed by atoms with Crippen molar-refractivity contribution < 1.29 is 14.3 Å². The molecule has 0 radical (unpaired) electrons. The summed E-state index contributed by atoms with van der Waals surface area (Å²) in [5.41, 5.74) is 0.716. The van der Waals surface area contributed by atoms with Gasteiger partial charge in [0, 0.05) is 48.5 Å². The molecule has 0 spiro atoms. The predicted octanol–water partition coefficient (Wildman–Crippen LogP) is 3.71. The molecule has 1 aliphatic heterocycles. The molecule has 1 aromatic heterocycles. The van der Waals surface area contributed by atoms with E-state index in [0.29, 0.717) is 30.4 Å². The lowest BCUT2D eigenvalue weighted by Crippen LogP contribution is -2.43. The average molecular weight is 378 g/mol. The maximum absolute atomic E-state index is 12.5. The van der Waals surface area contributed by atoms with Crippen LogP contribution in [-0.2, 0) is 0 Å². The van der Waals surface area contributed by atoms with Gasteiger partial charge in [0.05, 0.1) is 13.3 Å². The normalized spacial score (nSPS) is 14.7. The number of ether oxygens (including phenoxy) is 2. The molecule has 0 bridgehead atoms. The smallest absolute Gasteiger partial charge is 0.321 e. The van der Waals surface area contributed by atoms with Gasteiger partial charge in [-0.05, 0) is 18.2 Å². The van der Waals surface area contributed by atoms with Crippen LogP contribution in [0.3, 0.4) is 0 Å². The van der Waals surface area contributed by atoms with Crippen LogP contribution in [0.25, 0.3) is 10.8 Å². The highest BCUT2D eigenvalue weighted by molar-refractivity contribution is 5.89. The second kappa shape index (κ2) is 8.12. The second-order valence-electron chi connectivity index (χ2n) is 6.70. The molecule has 0 atom stereocenters. The van der Waals surface area contributed by atoms with Crippen LogP contribution in [0.4, 0.5) is 10.5 Å². The van der Waals surface area contributed by atoms with Gasteiger partial charge in [0.1, 0.15) is 11.9 Å². The molecule has 0 aliphatic carbocycles. The third-order valence-electron chi connectivity index (χ3n) is 4.87. The van der Waals surface area contributed by atoms with Crippen molar-refractivity contribution >= 4 is 22.5 Å². The number of aromatic nitrogens is 2. The molecule has 7 heteroatoms. The van der Waals surface area contributed by atoms with E-state index in [1.54, 1.807) is 24.3 Å². The molecule has 1 N–H and O–H groups in total. The van der Waals surface area contributed by atoms with Gasteiger partial charge in [-0.25, -0.2) is 4.79 Å². The van der Waals surface area contributed by atoms with Crippen molar-refractivity contribution in [2.45, 2.75) is 18.9 Å². The van der Waals surface area contributed by atoms with Gasteiger partial charge in [-0.2, -0.15) is 5.10 Å². The number of fused-ring (bicyclic) bond motifs is 1. The van der Waals surface area contributed by atoms with Crippen LogP contribution in [0.2, 0.25) is 0 Å². The van der Waals surface area contributed by atoms with Crippen LogP contribution in [0.1, 0.15) is 12.8 Å². The van der Waals surface area contributed by atoms with Gasteiger partial charge in [0.2, 0.25) is 5.88 Å². The fourth-order valence-electron chi connectivity index (χ4n) is 3.33. The minimum atomic E-state index is -0.114. The molecule has 2 amide bonds. The first-order valence-electron chi connectivity index (χ1n) is 9.30. The zero-order chi connectivity index (χ0) is 19.3. The summed E-state index contributed by atoms with van der Waals surface area (Å²) >= 11 is 0. The molecule has 3 aromatic rings. The number of nitrogens with zero attached hydrogens (tertiary/aromatic N) is 3. The molecule has 1 aliphatic rings. The van der Waals surface area contributed by atoms with E-state index in [1.807, 2.05) is 42.5 Å². The van der Waals surface area contributed by atoms with Crippen molar-refractivity contribution in [3.05, 3.63) is 54.7 Å². The van der Waals surface area contributed by atoms with Crippen LogP contribution in [-0.4, -0.2) is 47.4 Å². The summed E-state index contributed by atoms with van der Waals surface area (Å²) < 4.78 is 11.3. The Bertz CT molecular complexity index is 965. The molecule has 1 fully saturated rings. The highest BCUT2D eigenvalue weighted by Gasteiger charge is 2.25. The number of nitrogens with one attached hydrogen (secondary N) is 1. The molecule has 1 saturated heterocycles. The fraction of sp³-hybridized carbons (Fsp3) is 0.286. The van der Waals surface area contributed by atoms with Crippen molar-refractivity contribution in [3.8, 4) is 11.6 Å². The lowest BCUT2D eigenvalue weighted by atomic mass is 10.1. The summed E-state index contributed by atoms with van der Waals surface area (Å²) in [7, 11) is 1.60. The van der Waals surface area contributed by atoms with Gasteiger partial charge in [-0.3, -0.25) is 0 Å². The minimum absolute atomic E-state index is 0.0148. The number of likely N-dealkylation sites (tertiary alicyclic amines) is 1. The number of urea groups is 1. The van der Waals surface area contributed by atoms with Crippen molar-refractivity contribution in [3.63, 3.8) is 0 Å². The summed E-state index contributed by atoms with van der Waals surface area (Å²) in [5, 5.41) is 13.0. The highest BCUT2D eigenvalue weighted by atomic mass is 16.5. The monoisotopic (exact) mass is 378 g/mol. The van der Waals surface area contributed by atoms with Crippen LogP contribution in [0, 0.1) is 0 Å². The molecular formula is C21H22N4O3. The predicted molar refractivity (Wildman–Crippen MR) is 107 cm³/mol. The Morgan fingerprint density at radius 1 is 1.14 bits per heavy atom. The lowest BCUT2D eigenvalue weighted by Gasteiger charge is -2.32. The van der Waals surface area contributed by atoms with E-state index in [-0.39, 0.29) is 12.1 Å². The van der Waals surface area contributed by atoms with Gasteiger partial charge >= 0.3 is 6.03 Å². The maximum atomic E-state index is 12.5. The van der Waals surface area contributed by atoms with Gasteiger partial charge in [0.25, 0.3) is 0 Å². The third kappa shape index (κ3) is 3.98. The summed E-state index contributed by atoms with van der Waals surface area (Å²) in [6.07, 6.45) is 3.24. The average Bonchev–Trinajstić information content (AvgIpc) is 2.74. The molecule has 7 nitrogen and oxygen atoms in total. The first-order chi connectivity index (χ1) is 13.7. The molecule has 2 heterocycles. The standard InChI is InChI=1S/C21H22N4O3/c1-27-18-7-4-6-16(13-18)23-21(26)25-11-9-17(10-12-25)28-20-19-8-3-2-5-15(19)14-22-24-20/h2-8,13-14,17H,9-12H2,1H3,(H,23,26). The van der Waals surface area contributed by atoms with Gasteiger partial charge in [0.15, 0.2) is 0 Å². The largest absolute Gasteiger partial charge is 0.497 e. The first-order valence-corrected chi connectivity index (χ1v) is 9.30. The number of rotatable bonds is 4. The number of methoxy groups -OCH3 is 1. The number of hydrogen-bond donors (Lipinski definition) is 1. The maximum Gasteiger partial charge on any atom is 0.321 e. The van der Waals surface area contributed by atoms with E-state index in [0.717, 1.165) is 23.6 Å². The number of benzene rings is 2. The van der Waals surface area contributed by atoms with E-state index in [1.165, 1.54) is 0 Å². The summed E-state index contributed by atoms with van der Waals surface area (Å²) in [5.74, 6) is 1.26. The van der Waals surface area contributed by atoms with Crippen LogP contribution in [0.5, 0.6) is 11.6 Å². The van der Waals surface area contributed by atoms with Crippen molar-refractivity contribution in [2.24, 2.45) is 0 Å². The lowest BCUT2D eigenvalue weighted by molar-refractivity contribution is 0.112. The van der Waals surface area contributed by atoms with E-state index in [4.69, 9.17) is 9.47 Å². The molecule has 28 heavy (non-hydrogen) atoms. The zero-order valence-corrected chi connectivity index (χ0v) is 15.7. The number of anilines is 1. The van der Waals surface area contributed by atoms with E-state index in [2.05, 4.69) is 15.5 Å². The van der Waals surface area contributed by atoms with Gasteiger partial charge in [-0.1, -0.05) is 24.3 Å². The van der Waals surface area contributed by atoms with Crippen LogP contribution in [0.15, 0.2) is 54.7 Å². The third-order valence-corrected chi connectivity index (χ3v) is 4.87. The van der Waals surface area contributed by atoms with E-state index in [9.17, 15) is 4.79 Å². The number of hydrogen-bond acceptors (Lipinski definition) is 5. The van der Waals surface area contributed by atoms with E-state index >= 15 is 0 Å².